The Bertz CT molecular complexity index is 2090. The van der Waals surface area contributed by atoms with E-state index in [0.29, 0.717) is 0 Å². The van der Waals surface area contributed by atoms with Crippen molar-refractivity contribution in [2.24, 2.45) is 0 Å². The Kier molecular flexibility index (Phi) is 4.44. The van der Waals surface area contributed by atoms with Crippen LogP contribution >= 0.6 is 0 Å². The van der Waals surface area contributed by atoms with E-state index in [1.807, 2.05) is 0 Å². The number of imidazole rings is 1. The Morgan fingerprint density at radius 3 is 1.64 bits per heavy atom. The molecule has 0 saturated carbocycles. The first-order chi connectivity index (χ1) is 20.3. The van der Waals surface area contributed by atoms with Gasteiger partial charge in [0.25, 0.3) is 5.82 Å². The summed E-state index contributed by atoms with van der Waals surface area (Å²) in [5, 5.41) is 0. The van der Waals surface area contributed by atoms with Crippen LogP contribution in [0.25, 0.3) is 39.3 Å². The first-order valence-corrected chi connectivity index (χ1v) is 15.0. The maximum absolute atomic E-state index is 2.57. The fourth-order valence-electron chi connectivity index (χ4n) is 8.79. The predicted molar refractivity (Wildman–Crippen MR) is 170 cm³/mol. The van der Waals surface area contributed by atoms with E-state index < -0.39 is 0 Å². The summed E-state index contributed by atoms with van der Waals surface area (Å²) in [4.78, 5) is 0. The van der Waals surface area contributed by atoms with Crippen molar-refractivity contribution in [2.75, 3.05) is 0 Å². The first-order valence-electron chi connectivity index (χ1n) is 15.0. The molecule has 1 aliphatic heterocycles. The molecule has 0 bridgehead atoms. The molecule has 42 heavy (non-hydrogen) atoms. The van der Waals surface area contributed by atoms with Gasteiger partial charge in [-0.1, -0.05) is 90.5 Å². The Balaban J connectivity index is 1.39. The molecule has 9 rings (SSSR count). The molecular weight excluding hydrogens is 508 g/mol. The lowest BCUT2D eigenvalue weighted by atomic mass is 9.70. The van der Waals surface area contributed by atoms with Gasteiger partial charge in [-0.05, 0) is 102 Å². The molecule has 0 N–H and O–H groups in total. The Morgan fingerprint density at radius 1 is 0.548 bits per heavy atom. The molecule has 6 aromatic rings. The third kappa shape index (κ3) is 2.65. The molecule has 2 heterocycles. The third-order valence-electron chi connectivity index (χ3n) is 10.3. The van der Waals surface area contributed by atoms with Crippen LogP contribution < -0.4 is 4.57 Å². The van der Waals surface area contributed by atoms with Crippen LogP contribution in [0.2, 0.25) is 0 Å². The highest BCUT2D eigenvalue weighted by Gasteiger charge is 2.54. The molecule has 202 valence electrons. The number of hydrogen-bond acceptors (Lipinski definition) is 0. The molecule has 1 aromatic heterocycles. The SMILES string of the molecule is Cc1cc(C)c(-n2cc[n+]3c2-c2cc4c(cc2C3(C)C)C2(c3ccccc3-c3ccccc32)c2ccccc2-4)c(C)c1. The van der Waals surface area contributed by atoms with Gasteiger partial charge in [-0.15, -0.1) is 0 Å². The fraction of sp³-hybridized carbons (Fsp3) is 0.175. The van der Waals surface area contributed by atoms with E-state index in [0.717, 1.165) is 0 Å². The highest BCUT2D eigenvalue weighted by molar-refractivity contribution is 5.96. The lowest BCUT2D eigenvalue weighted by Gasteiger charge is -2.31. The summed E-state index contributed by atoms with van der Waals surface area (Å²) in [5.41, 5.74) is 18.4. The van der Waals surface area contributed by atoms with Gasteiger partial charge in [0.1, 0.15) is 23.6 Å². The second-order valence-electron chi connectivity index (χ2n) is 13.0. The molecule has 0 atom stereocenters. The molecule has 2 aliphatic carbocycles. The van der Waals surface area contributed by atoms with Crippen molar-refractivity contribution >= 4 is 0 Å². The van der Waals surface area contributed by atoms with Crippen molar-refractivity contribution < 1.29 is 4.57 Å². The second kappa shape index (κ2) is 7.77. The highest BCUT2D eigenvalue weighted by atomic mass is 15.2. The van der Waals surface area contributed by atoms with Crippen LogP contribution in [-0.2, 0) is 11.0 Å². The van der Waals surface area contributed by atoms with Crippen molar-refractivity contribution in [3.05, 3.63) is 154 Å². The first kappa shape index (κ1) is 24.0. The van der Waals surface area contributed by atoms with Gasteiger partial charge < -0.3 is 0 Å². The Morgan fingerprint density at radius 2 is 1.07 bits per heavy atom. The van der Waals surface area contributed by atoms with Gasteiger partial charge in [0, 0.05) is 5.56 Å². The van der Waals surface area contributed by atoms with Crippen molar-refractivity contribution in [1.29, 1.82) is 0 Å². The van der Waals surface area contributed by atoms with Gasteiger partial charge >= 0.3 is 0 Å². The smallest absolute Gasteiger partial charge is 0.221 e. The van der Waals surface area contributed by atoms with Crippen molar-refractivity contribution in [3.63, 3.8) is 0 Å². The monoisotopic (exact) mass is 541 g/mol. The summed E-state index contributed by atoms with van der Waals surface area (Å²) in [6, 6.07) is 36.9. The zero-order valence-electron chi connectivity index (χ0n) is 24.8. The standard InChI is InChI=1S/C40H33N2/c1-24-20-25(2)37(26(3)21-24)41-18-19-42-38(41)31-22-30-29-14-8-11-17-34(29)40(36(30)23-35(31)39(42,4)5)32-15-9-6-12-27(32)28-13-7-10-16-33(28)40/h6-23H,1-5H3/q+1. The minimum absolute atomic E-state index is 0.189. The number of hydrogen-bond donors (Lipinski definition) is 0. The molecule has 2 heteroatoms. The largest absolute Gasteiger partial charge is 0.295 e. The van der Waals surface area contributed by atoms with E-state index in [1.54, 1.807) is 0 Å². The van der Waals surface area contributed by atoms with Crippen LogP contribution in [0.1, 0.15) is 58.4 Å². The molecular formula is C40H33N2+. The third-order valence-corrected chi connectivity index (χ3v) is 10.3. The van der Waals surface area contributed by atoms with Gasteiger partial charge in [0.2, 0.25) is 0 Å². The van der Waals surface area contributed by atoms with Gasteiger partial charge in [0.05, 0.1) is 11.0 Å². The van der Waals surface area contributed by atoms with E-state index in [9.17, 15) is 0 Å². The van der Waals surface area contributed by atoms with Crippen molar-refractivity contribution in [2.45, 2.75) is 45.6 Å². The van der Waals surface area contributed by atoms with Crippen LogP contribution in [-0.4, -0.2) is 4.57 Å². The average molecular weight is 542 g/mol. The number of aromatic nitrogens is 2. The predicted octanol–water partition coefficient (Wildman–Crippen LogP) is 8.80. The van der Waals surface area contributed by atoms with Crippen LogP contribution in [0, 0.1) is 20.8 Å². The Labute approximate surface area is 247 Å². The molecule has 1 spiro atoms. The van der Waals surface area contributed by atoms with Crippen molar-refractivity contribution in [1.82, 2.24) is 4.57 Å². The molecule has 0 fully saturated rings. The van der Waals surface area contributed by atoms with Gasteiger partial charge in [-0.3, -0.25) is 0 Å². The maximum Gasteiger partial charge on any atom is 0.295 e. The topological polar surface area (TPSA) is 8.81 Å². The zero-order valence-corrected chi connectivity index (χ0v) is 24.8. The maximum atomic E-state index is 2.57. The number of nitrogens with zero attached hydrogens (tertiary/aromatic N) is 2. The van der Waals surface area contributed by atoms with Crippen LogP contribution in [0.5, 0.6) is 0 Å². The molecule has 2 nitrogen and oxygen atoms in total. The summed E-state index contributed by atoms with van der Waals surface area (Å²) >= 11 is 0. The molecule has 0 radical (unpaired) electrons. The Hall–Kier alpha value is -4.69. The van der Waals surface area contributed by atoms with Crippen molar-refractivity contribution in [3.8, 4) is 39.3 Å². The number of fused-ring (bicyclic) bond motifs is 13. The minimum Gasteiger partial charge on any atom is -0.221 e. The summed E-state index contributed by atoms with van der Waals surface area (Å²) in [5.74, 6) is 1.26. The quantitative estimate of drug-likeness (QED) is 0.184. The van der Waals surface area contributed by atoms with E-state index >= 15 is 0 Å². The summed E-state index contributed by atoms with van der Waals surface area (Å²) in [6.45, 7) is 11.4. The van der Waals surface area contributed by atoms with Gasteiger partial charge in [0.15, 0.2) is 0 Å². The van der Waals surface area contributed by atoms with E-state index in [4.69, 9.17) is 0 Å². The molecule has 0 saturated heterocycles. The number of aryl methyl sites for hydroxylation is 3. The van der Waals surface area contributed by atoms with Crippen LogP contribution in [0.15, 0.2) is 109 Å². The van der Waals surface area contributed by atoms with Crippen LogP contribution in [0.3, 0.4) is 0 Å². The minimum atomic E-state index is -0.318. The fourth-order valence-corrected chi connectivity index (χ4v) is 8.79. The lowest BCUT2D eigenvalue weighted by Crippen LogP contribution is -2.49. The van der Waals surface area contributed by atoms with Gasteiger partial charge in [-0.2, -0.15) is 4.57 Å². The highest BCUT2D eigenvalue weighted by Crippen LogP contribution is 2.63. The summed E-state index contributed by atoms with van der Waals surface area (Å²) in [6.07, 6.45) is 4.54. The summed E-state index contributed by atoms with van der Waals surface area (Å²) < 4.78 is 4.92. The number of rotatable bonds is 1. The van der Waals surface area contributed by atoms with E-state index in [-0.39, 0.29) is 11.0 Å². The zero-order chi connectivity index (χ0) is 28.5. The van der Waals surface area contributed by atoms with E-state index in [1.165, 1.54) is 83.8 Å². The lowest BCUT2D eigenvalue weighted by molar-refractivity contribution is -0.730. The van der Waals surface area contributed by atoms with E-state index in [2.05, 4.69) is 153 Å². The van der Waals surface area contributed by atoms with Crippen LogP contribution in [0.4, 0.5) is 0 Å². The normalized spacial score (nSPS) is 15.6. The summed E-state index contributed by atoms with van der Waals surface area (Å²) in [7, 11) is 0. The molecule has 3 aliphatic rings. The average Bonchev–Trinajstić information content (AvgIpc) is 3.68. The molecule has 0 amide bonds. The number of benzene rings is 5. The van der Waals surface area contributed by atoms with Gasteiger partial charge in [-0.25, -0.2) is 4.57 Å². The second-order valence-corrected chi connectivity index (χ2v) is 13.0. The molecule has 5 aromatic carbocycles. The molecule has 0 unspecified atom stereocenters.